The Balaban J connectivity index is 1.54. The van der Waals surface area contributed by atoms with Gasteiger partial charge in [0.2, 0.25) is 0 Å². The fourth-order valence-electron chi connectivity index (χ4n) is 4.59. The Hall–Kier alpha value is -2.83. The van der Waals surface area contributed by atoms with E-state index in [1.807, 2.05) is 11.1 Å². The van der Waals surface area contributed by atoms with E-state index < -0.39 is 67.8 Å². The first kappa shape index (κ1) is 29.2. The van der Waals surface area contributed by atoms with Gasteiger partial charge in [0.15, 0.2) is 11.9 Å². The molecule has 2 aliphatic rings. The van der Waals surface area contributed by atoms with Crippen molar-refractivity contribution >= 4 is 13.7 Å². The van der Waals surface area contributed by atoms with E-state index in [-0.39, 0.29) is 5.75 Å². The van der Waals surface area contributed by atoms with Crippen LogP contribution in [0.2, 0.25) is 0 Å². The van der Waals surface area contributed by atoms with E-state index in [9.17, 15) is 24.1 Å². The van der Waals surface area contributed by atoms with Gasteiger partial charge in [-0.1, -0.05) is 6.07 Å². The van der Waals surface area contributed by atoms with Crippen LogP contribution in [0.3, 0.4) is 0 Å². The maximum Gasteiger partial charge on any atom is 0.459 e. The lowest BCUT2D eigenvalue weighted by Gasteiger charge is -2.25. The fraction of sp³-hybridized carbons (Fsp3) is 0.560. The summed E-state index contributed by atoms with van der Waals surface area (Å²) in [4.78, 5) is 38.0. The number of carbonyl (C=O) groups excluding carboxylic acids is 1. The number of aryl methyl sites for hydroxylation is 2. The molecule has 0 saturated carbocycles. The minimum absolute atomic E-state index is 0.233. The zero-order valence-corrected chi connectivity index (χ0v) is 23.0. The highest BCUT2D eigenvalue weighted by Gasteiger charge is 2.56. The van der Waals surface area contributed by atoms with Crippen LogP contribution in [0.5, 0.6) is 5.75 Å². The Morgan fingerprint density at radius 2 is 2.00 bits per heavy atom. The van der Waals surface area contributed by atoms with Gasteiger partial charge in [-0.05, 0) is 70.2 Å². The van der Waals surface area contributed by atoms with Gasteiger partial charge in [0.1, 0.15) is 24.0 Å². The summed E-state index contributed by atoms with van der Waals surface area (Å²) in [6, 6.07) is 5.15. The molecule has 1 aromatic carbocycles. The first-order valence-electron chi connectivity index (χ1n) is 12.7. The van der Waals surface area contributed by atoms with Crippen molar-refractivity contribution in [1.82, 2.24) is 14.6 Å². The maximum absolute atomic E-state index is 15.6. The topological polar surface area (TPSA) is 158 Å². The van der Waals surface area contributed by atoms with E-state index in [1.54, 1.807) is 26.0 Å². The standard InChI is InChI=1S/C25H33FN3O9P/c1-14(2)36-22(32)15(3)28-39(34,38-18-9-8-16-6-5-7-17(16)12-18)35-13-19-21(31)25(4,26)23(37-19)29-11-10-20(30)27-24(29)33/h8-12,14-15,19,21,23,31H,5-7,13H2,1-4H3,(H,28,34)(H,27,30,33)/t15-,19+,21+,23+,25+,39-/m0/s1. The molecule has 39 heavy (non-hydrogen) atoms. The smallest absolute Gasteiger partial charge is 0.459 e. The normalized spacial score (nSPS) is 26.7. The molecule has 1 saturated heterocycles. The number of hydrogen-bond acceptors (Lipinski definition) is 9. The van der Waals surface area contributed by atoms with Crippen LogP contribution < -0.4 is 20.9 Å². The number of aromatic amines is 1. The van der Waals surface area contributed by atoms with Crippen LogP contribution in [0.15, 0.2) is 40.1 Å². The van der Waals surface area contributed by atoms with Crippen LogP contribution >= 0.6 is 7.75 Å². The van der Waals surface area contributed by atoms with E-state index in [1.165, 1.54) is 6.92 Å². The molecule has 0 radical (unpaired) electrons. The minimum Gasteiger partial charge on any atom is -0.462 e. The molecule has 0 bridgehead atoms. The third-order valence-electron chi connectivity index (χ3n) is 6.58. The third kappa shape index (κ3) is 6.50. The van der Waals surface area contributed by atoms with Crippen LogP contribution in [-0.2, 0) is 36.2 Å². The second kappa shape index (κ2) is 11.3. The number of carbonyl (C=O) groups is 1. The van der Waals surface area contributed by atoms with Gasteiger partial charge in [-0.25, -0.2) is 13.8 Å². The van der Waals surface area contributed by atoms with Crippen LogP contribution in [0.4, 0.5) is 4.39 Å². The van der Waals surface area contributed by atoms with Crippen molar-refractivity contribution in [2.45, 2.75) is 83.2 Å². The highest BCUT2D eigenvalue weighted by atomic mass is 31.2. The average Bonchev–Trinajstić information content (AvgIpc) is 3.39. The molecule has 214 valence electrons. The first-order chi connectivity index (χ1) is 18.3. The number of halogens is 1. The zero-order valence-electron chi connectivity index (χ0n) is 22.1. The number of aliphatic hydroxyl groups excluding tert-OH is 1. The number of aliphatic hydroxyl groups is 1. The number of ether oxygens (including phenoxy) is 2. The summed E-state index contributed by atoms with van der Waals surface area (Å²) in [5, 5.41) is 13.2. The lowest BCUT2D eigenvalue weighted by Crippen LogP contribution is -2.43. The van der Waals surface area contributed by atoms with Crippen molar-refractivity contribution in [2.24, 2.45) is 0 Å². The van der Waals surface area contributed by atoms with E-state index in [0.717, 1.165) is 54.1 Å². The second-order valence-corrected chi connectivity index (χ2v) is 11.8. The molecule has 1 aliphatic heterocycles. The molecule has 0 amide bonds. The molecule has 0 unspecified atom stereocenters. The Morgan fingerprint density at radius 3 is 2.69 bits per heavy atom. The summed E-state index contributed by atoms with van der Waals surface area (Å²) in [5.41, 5.74) is -1.90. The maximum atomic E-state index is 15.6. The SMILES string of the molecule is CC(C)OC(=O)[C@H](C)N[P@](=O)(OC[C@H]1O[C@@H](n2ccc(=O)[nH]c2=O)[C@](C)(F)[C@@H]1O)Oc1ccc2c(c1)CCC2. The van der Waals surface area contributed by atoms with Crippen molar-refractivity contribution in [3.8, 4) is 5.75 Å². The van der Waals surface area contributed by atoms with Crippen molar-refractivity contribution in [3.05, 3.63) is 62.4 Å². The van der Waals surface area contributed by atoms with Gasteiger partial charge >= 0.3 is 19.4 Å². The molecule has 6 atom stereocenters. The van der Waals surface area contributed by atoms with E-state index >= 15 is 4.39 Å². The largest absolute Gasteiger partial charge is 0.462 e. The highest BCUT2D eigenvalue weighted by Crippen LogP contribution is 2.48. The van der Waals surface area contributed by atoms with Crippen LogP contribution in [0.25, 0.3) is 0 Å². The summed E-state index contributed by atoms with van der Waals surface area (Å²) in [5.74, 6) is -0.464. The monoisotopic (exact) mass is 569 g/mol. The molecule has 4 rings (SSSR count). The van der Waals surface area contributed by atoms with Crippen LogP contribution in [0.1, 0.15) is 51.5 Å². The van der Waals surface area contributed by atoms with Gasteiger partial charge in [0.05, 0.1) is 12.7 Å². The molecular formula is C25H33FN3O9P. The van der Waals surface area contributed by atoms with Gasteiger partial charge in [0, 0.05) is 12.3 Å². The number of hydrogen-bond donors (Lipinski definition) is 3. The summed E-state index contributed by atoms with van der Waals surface area (Å²) in [6.45, 7) is 5.15. The van der Waals surface area contributed by atoms with E-state index in [0.29, 0.717) is 0 Å². The number of aromatic nitrogens is 2. The lowest BCUT2D eigenvalue weighted by molar-refractivity contribution is -0.149. The number of nitrogens with one attached hydrogen (secondary N) is 2. The minimum atomic E-state index is -4.33. The van der Waals surface area contributed by atoms with Gasteiger partial charge in [-0.15, -0.1) is 0 Å². The van der Waals surface area contributed by atoms with Crippen LogP contribution in [-0.4, -0.2) is 57.3 Å². The summed E-state index contributed by atoms with van der Waals surface area (Å²) < 4.78 is 52.3. The highest BCUT2D eigenvalue weighted by molar-refractivity contribution is 7.52. The van der Waals surface area contributed by atoms with Gasteiger partial charge in [-0.2, -0.15) is 5.09 Å². The van der Waals surface area contributed by atoms with Crippen molar-refractivity contribution in [2.75, 3.05) is 6.61 Å². The summed E-state index contributed by atoms with van der Waals surface area (Å²) in [7, 11) is -4.33. The average molecular weight is 570 g/mol. The number of benzene rings is 1. The number of fused-ring (bicyclic) bond motifs is 1. The van der Waals surface area contributed by atoms with Crippen LogP contribution in [0, 0.1) is 0 Å². The second-order valence-electron chi connectivity index (χ2n) is 10.1. The Labute approximate surface area is 224 Å². The molecule has 12 nitrogen and oxygen atoms in total. The number of esters is 1. The predicted octanol–water partition coefficient (Wildman–Crippen LogP) is 2.15. The van der Waals surface area contributed by atoms with Crippen molar-refractivity contribution in [1.29, 1.82) is 0 Å². The number of H-pyrrole nitrogens is 1. The number of alkyl halides is 1. The fourth-order valence-corrected chi connectivity index (χ4v) is 6.09. The quantitative estimate of drug-likeness (QED) is 0.286. The first-order valence-corrected chi connectivity index (χ1v) is 14.2. The molecule has 2 heterocycles. The summed E-state index contributed by atoms with van der Waals surface area (Å²) >= 11 is 0. The van der Waals surface area contributed by atoms with Gasteiger partial charge < -0.3 is 19.1 Å². The number of rotatable bonds is 10. The van der Waals surface area contributed by atoms with Crippen molar-refractivity contribution in [3.63, 3.8) is 0 Å². The Kier molecular flexibility index (Phi) is 8.48. The molecule has 14 heteroatoms. The molecule has 0 spiro atoms. The van der Waals surface area contributed by atoms with E-state index in [2.05, 4.69) is 5.09 Å². The molecule has 1 fully saturated rings. The van der Waals surface area contributed by atoms with Crippen molar-refractivity contribution < 1.29 is 37.4 Å². The van der Waals surface area contributed by atoms with E-state index in [4.69, 9.17) is 18.5 Å². The number of nitrogens with zero attached hydrogens (tertiary/aromatic N) is 1. The van der Waals surface area contributed by atoms with Gasteiger partial charge in [-0.3, -0.25) is 23.7 Å². The predicted molar refractivity (Wildman–Crippen MR) is 137 cm³/mol. The Morgan fingerprint density at radius 1 is 1.28 bits per heavy atom. The summed E-state index contributed by atoms with van der Waals surface area (Å²) in [6.07, 6.45) is -1.43. The molecular weight excluding hydrogens is 536 g/mol. The lowest BCUT2D eigenvalue weighted by atomic mass is 9.98. The third-order valence-corrected chi connectivity index (χ3v) is 8.23. The van der Waals surface area contributed by atoms with Gasteiger partial charge in [0.25, 0.3) is 5.56 Å². The molecule has 2 aromatic rings. The molecule has 3 N–H and O–H groups in total. The molecule has 1 aromatic heterocycles. The Bertz CT molecular complexity index is 1380. The molecule has 1 aliphatic carbocycles. The zero-order chi connectivity index (χ0) is 28.5.